The Bertz CT molecular complexity index is 575. The fourth-order valence-corrected chi connectivity index (χ4v) is 2.97. The minimum atomic E-state index is -1.10. The van der Waals surface area contributed by atoms with Crippen molar-refractivity contribution in [3.63, 3.8) is 0 Å². The maximum atomic E-state index is 11.0. The van der Waals surface area contributed by atoms with Gasteiger partial charge in [-0.05, 0) is 23.6 Å². The highest BCUT2D eigenvalue weighted by atomic mass is 16.3. The number of aliphatic hydroxyl groups is 2. The second kappa shape index (κ2) is 3.67. The first kappa shape index (κ1) is 11.5. The van der Waals surface area contributed by atoms with E-state index in [1.807, 2.05) is 54.6 Å². The van der Waals surface area contributed by atoms with Crippen LogP contribution in [0.25, 0.3) is 0 Å². The van der Waals surface area contributed by atoms with Crippen molar-refractivity contribution in [2.24, 2.45) is 0 Å². The quantitative estimate of drug-likeness (QED) is 0.804. The highest BCUT2D eigenvalue weighted by Gasteiger charge is 2.48. The van der Waals surface area contributed by atoms with Crippen molar-refractivity contribution in [2.75, 3.05) is 0 Å². The Morgan fingerprint density at radius 1 is 0.833 bits per heavy atom. The van der Waals surface area contributed by atoms with Crippen LogP contribution in [0, 0.1) is 0 Å². The Balaban J connectivity index is 2.22. The van der Waals surface area contributed by atoms with Gasteiger partial charge in [0.1, 0.15) is 5.60 Å². The van der Waals surface area contributed by atoms with Crippen LogP contribution >= 0.6 is 0 Å². The molecule has 0 spiro atoms. The minimum Gasteiger partial charge on any atom is -0.385 e. The average molecular weight is 240 g/mol. The normalized spacial score (nSPS) is 30.2. The van der Waals surface area contributed by atoms with Crippen LogP contribution < -0.4 is 0 Å². The van der Waals surface area contributed by atoms with Crippen LogP contribution in [0.1, 0.15) is 30.0 Å². The van der Waals surface area contributed by atoms with Gasteiger partial charge in [0.05, 0.1) is 5.60 Å². The van der Waals surface area contributed by atoms with Crippen molar-refractivity contribution in [2.45, 2.75) is 24.5 Å². The van der Waals surface area contributed by atoms with Gasteiger partial charge in [-0.2, -0.15) is 0 Å². The first-order valence-corrected chi connectivity index (χ1v) is 6.14. The monoisotopic (exact) mass is 240 g/mol. The molecule has 2 atom stereocenters. The molecule has 0 amide bonds. The highest BCUT2D eigenvalue weighted by molar-refractivity contribution is 5.48. The molecule has 2 aromatic rings. The molecule has 0 radical (unpaired) electrons. The lowest BCUT2D eigenvalue weighted by Gasteiger charge is -2.26. The van der Waals surface area contributed by atoms with E-state index in [-0.39, 0.29) is 0 Å². The van der Waals surface area contributed by atoms with Gasteiger partial charge < -0.3 is 10.2 Å². The van der Waals surface area contributed by atoms with E-state index in [0.717, 1.165) is 16.7 Å². The maximum Gasteiger partial charge on any atom is 0.118 e. The zero-order valence-electron chi connectivity index (χ0n) is 10.3. The van der Waals surface area contributed by atoms with Gasteiger partial charge >= 0.3 is 0 Å². The molecule has 3 rings (SSSR count). The molecule has 0 unspecified atom stereocenters. The Morgan fingerprint density at radius 2 is 1.39 bits per heavy atom. The number of hydrogen-bond donors (Lipinski definition) is 2. The first-order valence-electron chi connectivity index (χ1n) is 6.14. The topological polar surface area (TPSA) is 40.5 Å². The van der Waals surface area contributed by atoms with Crippen molar-refractivity contribution in [1.82, 2.24) is 0 Å². The van der Waals surface area contributed by atoms with Crippen molar-refractivity contribution < 1.29 is 10.2 Å². The predicted molar refractivity (Wildman–Crippen MR) is 70.1 cm³/mol. The molecule has 2 N–H and O–H groups in total. The molecular formula is C16H16O2. The van der Waals surface area contributed by atoms with Crippen LogP contribution in [-0.4, -0.2) is 10.2 Å². The van der Waals surface area contributed by atoms with E-state index >= 15 is 0 Å². The number of benzene rings is 2. The van der Waals surface area contributed by atoms with Gasteiger partial charge in [0.15, 0.2) is 0 Å². The van der Waals surface area contributed by atoms with Gasteiger partial charge in [0.25, 0.3) is 0 Å². The van der Waals surface area contributed by atoms with Gasteiger partial charge in [0, 0.05) is 6.42 Å². The van der Waals surface area contributed by atoms with Crippen LogP contribution in [0.15, 0.2) is 54.6 Å². The maximum absolute atomic E-state index is 11.0. The number of rotatable bonds is 1. The van der Waals surface area contributed by atoms with Gasteiger partial charge in [-0.25, -0.2) is 0 Å². The molecule has 2 aromatic carbocycles. The lowest BCUT2D eigenvalue weighted by molar-refractivity contribution is -0.0133. The number of fused-ring (bicyclic) bond motifs is 1. The summed E-state index contributed by atoms with van der Waals surface area (Å²) in [7, 11) is 0. The van der Waals surface area contributed by atoms with E-state index in [1.54, 1.807) is 6.92 Å². The van der Waals surface area contributed by atoms with E-state index in [2.05, 4.69) is 0 Å². The summed E-state index contributed by atoms with van der Waals surface area (Å²) < 4.78 is 0. The summed E-state index contributed by atoms with van der Waals surface area (Å²) in [6.45, 7) is 1.76. The molecule has 92 valence electrons. The van der Waals surface area contributed by atoms with E-state index in [1.165, 1.54) is 0 Å². The molecule has 2 nitrogen and oxygen atoms in total. The van der Waals surface area contributed by atoms with Gasteiger partial charge in [-0.1, -0.05) is 54.6 Å². The largest absolute Gasteiger partial charge is 0.385 e. The summed E-state index contributed by atoms with van der Waals surface area (Å²) in [5, 5.41) is 21.5. The molecule has 0 aromatic heterocycles. The van der Waals surface area contributed by atoms with E-state index in [9.17, 15) is 10.2 Å². The molecule has 2 heteroatoms. The molecule has 0 heterocycles. The molecule has 0 saturated carbocycles. The lowest BCUT2D eigenvalue weighted by Crippen LogP contribution is -2.27. The Kier molecular flexibility index (Phi) is 2.34. The summed E-state index contributed by atoms with van der Waals surface area (Å²) in [6, 6.07) is 17.1. The van der Waals surface area contributed by atoms with Crippen LogP contribution in [0.3, 0.4) is 0 Å². The molecular weight excluding hydrogens is 224 g/mol. The van der Waals surface area contributed by atoms with Crippen molar-refractivity contribution >= 4 is 0 Å². The van der Waals surface area contributed by atoms with E-state index < -0.39 is 11.2 Å². The SMILES string of the molecule is C[C@@]1(O)C[C@@](O)(c2ccccc2)c2ccccc21. The highest BCUT2D eigenvalue weighted by Crippen LogP contribution is 2.49. The van der Waals surface area contributed by atoms with Crippen molar-refractivity contribution in [1.29, 1.82) is 0 Å². The molecule has 0 aliphatic heterocycles. The third-order valence-electron chi connectivity index (χ3n) is 3.80. The predicted octanol–water partition coefficient (Wildman–Crippen LogP) is 2.53. The molecule has 1 aliphatic carbocycles. The standard InChI is InChI=1S/C16H16O2/c1-15(17)11-16(18,12-7-3-2-4-8-12)14-10-6-5-9-13(14)15/h2-10,17-18H,11H2,1H3/t15-,16-/m1/s1. The molecule has 0 fully saturated rings. The minimum absolute atomic E-state index is 0.295. The van der Waals surface area contributed by atoms with Crippen LogP contribution in [-0.2, 0) is 11.2 Å². The second-order valence-corrected chi connectivity index (χ2v) is 5.22. The molecule has 0 saturated heterocycles. The summed E-state index contributed by atoms with van der Waals surface area (Å²) in [5.41, 5.74) is 0.371. The van der Waals surface area contributed by atoms with Crippen LogP contribution in [0.4, 0.5) is 0 Å². The lowest BCUT2D eigenvalue weighted by atomic mass is 9.87. The van der Waals surface area contributed by atoms with Gasteiger partial charge in [-0.3, -0.25) is 0 Å². The Morgan fingerprint density at radius 3 is 2.06 bits per heavy atom. The van der Waals surface area contributed by atoms with Crippen LogP contribution in [0.5, 0.6) is 0 Å². The van der Waals surface area contributed by atoms with Gasteiger partial charge in [-0.15, -0.1) is 0 Å². The Labute approximate surface area is 107 Å². The third kappa shape index (κ3) is 1.50. The summed E-state index contributed by atoms with van der Waals surface area (Å²) in [4.78, 5) is 0. The van der Waals surface area contributed by atoms with E-state index in [4.69, 9.17) is 0 Å². The fraction of sp³-hybridized carbons (Fsp3) is 0.250. The Hall–Kier alpha value is -1.64. The van der Waals surface area contributed by atoms with Gasteiger partial charge in [0.2, 0.25) is 0 Å². The summed E-state index contributed by atoms with van der Waals surface area (Å²) in [6.07, 6.45) is 0.295. The second-order valence-electron chi connectivity index (χ2n) is 5.22. The molecule has 18 heavy (non-hydrogen) atoms. The van der Waals surface area contributed by atoms with Crippen molar-refractivity contribution in [3.8, 4) is 0 Å². The van der Waals surface area contributed by atoms with E-state index in [0.29, 0.717) is 6.42 Å². The zero-order valence-corrected chi connectivity index (χ0v) is 10.3. The molecule has 1 aliphatic rings. The zero-order chi connectivity index (χ0) is 12.8. The average Bonchev–Trinajstić information content (AvgIpc) is 2.60. The third-order valence-corrected chi connectivity index (χ3v) is 3.80. The van der Waals surface area contributed by atoms with Crippen LogP contribution in [0.2, 0.25) is 0 Å². The summed E-state index contributed by atoms with van der Waals surface area (Å²) in [5.74, 6) is 0. The fourth-order valence-electron chi connectivity index (χ4n) is 2.97. The molecule has 0 bridgehead atoms. The smallest absolute Gasteiger partial charge is 0.118 e. The summed E-state index contributed by atoms with van der Waals surface area (Å²) >= 11 is 0. The number of hydrogen-bond acceptors (Lipinski definition) is 2. The first-order chi connectivity index (χ1) is 8.54. The van der Waals surface area contributed by atoms with Crippen molar-refractivity contribution in [3.05, 3.63) is 71.3 Å².